The third kappa shape index (κ3) is 6.69. The van der Waals surface area contributed by atoms with Crippen molar-refractivity contribution in [1.82, 2.24) is 24.6 Å². The van der Waals surface area contributed by atoms with E-state index in [4.69, 9.17) is 16.3 Å². The third-order valence-corrected chi connectivity index (χ3v) is 6.32. The lowest BCUT2D eigenvalue weighted by molar-refractivity contribution is -0.127. The summed E-state index contributed by atoms with van der Waals surface area (Å²) in [7, 11) is 5.63. The van der Waals surface area contributed by atoms with Gasteiger partial charge in [0.25, 0.3) is 0 Å². The van der Waals surface area contributed by atoms with Crippen LogP contribution in [0.15, 0.2) is 53.7 Å². The van der Waals surface area contributed by atoms with Crippen LogP contribution in [0.4, 0.5) is 4.39 Å². The molecule has 1 atom stereocenters. The second-order valence-corrected chi connectivity index (χ2v) is 9.08. The lowest BCUT2D eigenvalue weighted by atomic mass is 10.2. The highest BCUT2D eigenvalue weighted by Crippen LogP contribution is 2.27. The Morgan fingerprint density at radius 2 is 1.79 bits per heavy atom. The van der Waals surface area contributed by atoms with E-state index in [1.807, 2.05) is 30.5 Å². The normalized spacial score (nSPS) is 12.1. The molecule has 0 aliphatic rings. The average molecular weight is 492 g/mol. The maximum absolute atomic E-state index is 13.5. The third-order valence-electron chi connectivity index (χ3n) is 5.15. The Labute approximate surface area is 202 Å². The fraction of sp³-hybridized carbons (Fsp3) is 0.348. The van der Waals surface area contributed by atoms with E-state index in [9.17, 15) is 9.18 Å². The van der Waals surface area contributed by atoms with Gasteiger partial charge in [-0.1, -0.05) is 23.4 Å². The number of likely N-dealkylation sites (N-methyl/N-ethyl adjacent to an activating group) is 1. The van der Waals surface area contributed by atoms with Gasteiger partial charge in [-0.15, -0.1) is 10.2 Å². The molecule has 1 amide bonds. The molecule has 3 aromatic rings. The first-order valence-corrected chi connectivity index (χ1v) is 11.8. The van der Waals surface area contributed by atoms with Crippen LogP contribution in [-0.2, 0) is 4.79 Å². The van der Waals surface area contributed by atoms with E-state index in [0.717, 1.165) is 5.69 Å². The van der Waals surface area contributed by atoms with Crippen LogP contribution in [0.5, 0.6) is 5.75 Å². The summed E-state index contributed by atoms with van der Waals surface area (Å²) in [6.07, 6.45) is 0. The standard InChI is InChI=1S/C23H27ClFN5O2S/c1-16(28(2)3)22-26-27-23(30(22)19-9-7-18(25)8-10-19)33-15-21(31)29(4)13-14-32-20-11-5-17(24)6-12-20/h5-12,16H,13-15H2,1-4H3. The van der Waals surface area contributed by atoms with E-state index >= 15 is 0 Å². The smallest absolute Gasteiger partial charge is 0.232 e. The number of aromatic nitrogens is 3. The fourth-order valence-corrected chi connectivity index (χ4v) is 3.93. The second kappa shape index (κ2) is 11.5. The molecule has 0 saturated heterocycles. The van der Waals surface area contributed by atoms with Gasteiger partial charge in [-0.3, -0.25) is 14.3 Å². The topological polar surface area (TPSA) is 63.5 Å². The minimum Gasteiger partial charge on any atom is -0.492 e. The summed E-state index contributed by atoms with van der Waals surface area (Å²) in [6, 6.07) is 13.2. The molecule has 1 heterocycles. The van der Waals surface area contributed by atoms with Crippen LogP contribution in [0, 0.1) is 5.82 Å². The summed E-state index contributed by atoms with van der Waals surface area (Å²) in [4.78, 5) is 16.3. The highest BCUT2D eigenvalue weighted by atomic mass is 35.5. The molecule has 0 aliphatic carbocycles. The number of hydrogen-bond acceptors (Lipinski definition) is 6. The Morgan fingerprint density at radius 3 is 2.42 bits per heavy atom. The van der Waals surface area contributed by atoms with E-state index in [0.29, 0.717) is 34.9 Å². The molecule has 0 bridgehead atoms. The highest BCUT2D eigenvalue weighted by Gasteiger charge is 2.22. The van der Waals surface area contributed by atoms with Crippen molar-refractivity contribution in [3.05, 3.63) is 65.2 Å². The summed E-state index contributed by atoms with van der Waals surface area (Å²) < 4.78 is 21.0. The number of thioether (sulfide) groups is 1. The van der Waals surface area contributed by atoms with E-state index in [-0.39, 0.29) is 23.5 Å². The van der Waals surface area contributed by atoms with Crippen molar-refractivity contribution in [3.63, 3.8) is 0 Å². The van der Waals surface area contributed by atoms with Gasteiger partial charge in [0.05, 0.1) is 18.3 Å². The van der Waals surface area contributed by atoms with Crippen molar-refractivity contribution in [2.45, 2.75) is 18.1 Å². The molecule has 176 valence electrons. The Bertz CT molecular complexity index is 1060. The molecule has 7 nitrogen and oxygen atoms in total. The van der Waals surface area contributed by atoms with Gasteiger partial charge in [-0.25, -0.2) is 4.39 Å². The zero-order valence-corrected chi connectivity index (χ0v) is 20.6. The summed E-state index contributed by atoms with van der Waals surface area (Å²) in [6.45, 7) is 2.82. The molecule has 0 spiro atoms. The van der Waals surface area contributed by atoms with Crippen LogP contribution in [0.3, 0.4) is 0 Å². The molecular formula is C23H27ClFN5O2S. The van der Waals surface area contributed by atoms with Crippen molar-refractivity contribution in [2.75, 3.05) is 40.0 Å². The second-order valence-electron chi connectivity index (χ2n) is 7.70. The molecule has 0 fully saturated rings. The average Bonchev–Trinajstić information content (AvgIpc) is 3.22. The van der Waals surface area contributed by atoms with Crippen LogP contribution in [0.25, 0.3) is 5.69 Å². The largest absolute Gasteiger partial charge is 0.492 e. The van der Waals surface area contributed by atoms with Gasteiger partial charge < -0.3 is 9.64 Å². The van der Waals surface area contributed by atoms with E-state index in [1.165, 1.54) is 23.9 Å². The zero-order chi connectivity index (χ0) is 24.0. The molecular weight excluding hydrogens is 465 g/mol. The Balaban J connectivity index is 1.64. The molecule has 0 N–H and O–H groups in total. The number of rotatable bonds is 10. The van der Waals surface area contributed by atoms with Gasteiger partial charge in [-0.05, 0) is 69.6 Å². The minimum absolute atomic E-state index is 0.0275. The monoisotopic (exact) mass is 491 g/mol. The zero-order valence-electron chi connectivity index (χ0n) is 19.0. The predicted octanol–water partition coefficient (Wildman–Crippen LogP) is 4.31. The lowest BCUT2D eigenvalue weighted by Crippen LogP contribution is -2.32. The first-order chi connectivity index (χ1) is 15.8. The number of benzene rings is 2. The number of nitrogens with zero attached hydrogens (tertiary/aromatic N) is 5. The van der Waals surface area contributed by atoms with Crippen molar-refractivity contribution in [1.29, 1.82) is 0 Å². The van der Waals surface area contributed by atoms with Crippen molar-refractivity contribution in [2.24, 2.45) is 0 Å². The van der Waals surface area contributed by atoms with Crippen LogP contribution >= 0.6 is 23.4 Å². The van der Waals surface area contributed by atoms with Crippen molar-refractivity contribution < 1.29 is 13.9 Å². The van der Waals surface area contributed by atoms with Gasteiger partial charge in [-0.2, -0.15) is 0 Å². The summed E-state index contributed by atoms with van der Waals surface area (Å²) in [5.41, 5.74) is 0.741. The highest BCUT2D eigenvalue weighted by molar-refractivity contribution is 7.99. The predicted molar refractivity (Wildman–Crippen MR) is 129 cm³/mol. The van der Waals surface area contributed by atoms with Crippen LogP contribution in [-0.4, -0.2) is 70.5 Å². The molecule has 1 unspecified atom stereocenters. The molecule has 1 aromatic heterocycles. The van der Waals surface area contributed by atoms with Crippen LogP contribution < -0.4 is 4.74 Å². The Morgan fingerprint density at radius 1 is 1.12 bits per heavy atom. The van der Waals surface area contributed by atoms with Crippen LogP contribution in [0.2, 0.25) is 5.02 Å². The Kier molecular flexibility index (Phi) is 8.71. The fourth-order valence-electron chi connectivity index (χ4n) is 2.90. The van der Waals surface area contributed by atoms with E-state index in [2.05, 4.69) is 10.2 Å². The Hall–Kier alpha value is -2.62. The molecule has 0 aliphatic heterocycles. The summed E-state index contributed by atoms with van der Waals surface area (Å²) in [5.74, 6) is 1.22. The maximum atomic E-state index is 13.5. The minimum atomic E-state index is -0.319. The van der Waals surface area contributed by atoms with Crippen LogP contribution in [0.1, 0.15) is 18.8 Å². The van der Waals surface area contributed by atoms with Gasteiger partial charge in [0.1, 0.15) is 18.2 Å². The first kappa shape index (κ1) is 25.0. The number of hydrogen-bond donors (Lipinski definition) is 0. The van der Waals surface area contributed by atoms with E-state index < -0.39 is 0 Å². The molecule has 33 heavy (non-hydrogen) atoms. The summed E-state index contributed by atoms with van der Waals surface area (Å²) in [5, 5.41) is 9.87. The lowest BCUT2D eigenvalue weighted by Gasteiger charge is -2.21. The number of carbonyl (C=O) groups is 1. The first-order valence-electron chi connectivity index (χ1n) is 10.4. The molecule has 0 radical (unpaired) electrons. The SMILES string of the molecule is CC(c1nnc(SCC(=O)N(C)CCOc2ccc(Cl)cc2)n1-c1ccc(F)cc1)N(C)C. The molecule has 2 aromatic carbocycles. The summed E-state index contributed by atoms with van der Waals surface area (Å²) >= 11 is 7.17. The number of carbonyl (C=O) groups excluding carboxylic acids is 1. The number of amides is 1. The quantitative estimate of drug-likeness (QED) is 0.394. The van der Waals surface area contributed by atoms with Crippen molar-refractivity contribution >= 4 is 29.3 Å². The molecule has 0 saturated carbocycles. The molecule has 10 heteroatoms. The van der Waals surface area contributed by atoms with Gasteiger partial charge in [0.2, 0.25) is 5.91 Å². The maximum Gasteiger partial charge on any atom is 0.232 e. The molecule has 3 rings (SSSR count). The van der Waals surface area contributed by atoms with Gasteiger partial charge >= 0.3 is 0 Å². The van der Waals surface area contributed by atoms with Gasteiger partial charge in [0.15, 0.2) is 11.0 Å². The number of ether oxygens (including phenoxy) is 1. The number of halogens is 2. The van der Waals surface area contributed by atoms with E-state index in [1.54, 1.807) is 48.3 Å². The van der Waals surface area contributed by atoms with Crippen molar-refractivity contribution in [3.8, 4) is 11.4 Å². The van der Waals surface area contributed by atoms with Gasteiger partial charge in [0, 0.05) is 17.8 Å².